The van der Waals surface area contributed by atoms with Gasteiger partial charge in [0.05, 0.1) is 19.3 Å². The van der Waals surface area contributed by atoms with Gasteiger partial charge in [0.1, 0.15) is 17.3 Å². The molecule has 0 heterocycles. The first kappa shape index (κ1) is 44.5. The Kier molecular flexibility index (Phi) is 17.4. The Balaban J connectivity index is 1.18. The molecule has 8 atom stereocenters. The van der Waals surface area contributed by atoms with Crippen molar-refractivity contribution in [3.8, 4) is 11.5 Å². The maximum Gasteiger partial charge on any atom is 0.219 e. The van der Waals surface area contributed by atoms with Crippen LogP contribution in [0.2, 0.25) is 0 Å². The predicted octanol–water partition coefficient (Wildman–Crippen LogP) is 9.92. The highest BCUT2D eigenvalue weighted by molar-refractivity contribution is 5.79. The zero-order valence-corrected chi connectivity index (χ0v) is 35.8. The molecule has 1 aromatic rings. The molecule has 4 fully saturated rings. The summed E-state index contributed by atoms with van der Waals surface area (Å²) in [6.07, 6.45) is 22.0. The topological polar surface area (TPSA) is 114 Å². The van der Waals surface area contributed by atoms with E-state index >= 15 is 0 Å². The molecule has 0 bridgehead atoms. The molecule has 8 heteroatoms. The molecule has 316 valence electrons. The molecule has 0 aromatic heterocycles. The Labute approximate surface area is 339 Å². The Hall–Kier alpha value is -2.61. The number of hydrogen-bond donors (Lipinski definition) is 3. The van der Waals surface area contributed by atoms with Crippen LogP contribution in [0.4, 0.5) is 0 Å². The number of carbonyl (C=O) groups excluding carboxylic acids is 3. The zero-order chi connectivity index (χ0) is 40.0. The van der Waals surface area contributed by atoms with Crippen LogP contribution in [-0.4, -0.2) is 55.1 Å². The molecule has 4 aliphatic carbocycles. The van der Waals surface area contributed by atoms with Gasteiger partial charge in [0, 0.05) is 44.8 Å². The first-order valence-corrected chi connectivity index (χ1v) is 23.2. The summed E-state index contributed by atoms with van der Waals surface area (Å²) in [4.78, 5) is 37.3. The standard InChI is InChI=1S/C48H78N2O6/c1-5-7-11-26-49-44(53)18-9-13-28-55-39-30-35(31-40(34-39)56-29-14-10-19-45(54)50-27-12-8-6-2)16-15-17-36-32-37-33-38(51)22-24-47(37,3)42-23-25-48(4)41(46(36)42)20-21-43(48)52/h30-31,34,36-37,41-43,46,52H,5-29,32-33H2,1-4H3,(H,49,53)(H,50,54)/t36-,37?,41+,42+,43+,46+,47+,48+/m1/s1. The van der Waals surface area contributed by atoms with Crippen LogP contribution in [-0.2, 0) is 20.8 Å². The second-order valence-corrected chi connectivity index (χ2v) is 18.8. The highest BCUT2D eigenvalue weighted by Gasteiger charge is 2.62. The van der Waals surface area contributed by atoms with Crippen molar-refractivity contribution >= 4 is 17.6 Å². The molecule has 4 aliphatic rings. The first-order valence-electron chi connectivity index (χ1n) is 23.2. The van der Waals surface area contributed by atoms with Crippen molar-refractivity contribution in [2.45, 2.75) is 181 Å². The maximum atomic E-state index is 12.8. The number of Topliss-reactive ketones (excluding diaryl/α,β-unsaturated/α-hetero) is 1. The Morgan fingerprint density at radius 1 is 0.750 bits per heavy atom. The van der Waals surface area contributed by atoms with Gasteiger partial charge in [-0.25, -0.2) is 0 Å². The third-order valence-electron chi connectivity index (χ3n) is 14.9. The number of unbranched alkanes of at least 4 members (excludes halogenated alkanes) is 6. The Morgan fingerprint density at radius 2 is 1.36 bits per heavy atom. The minimum atomic E-state index is -0.186. The van der Waals surface area contributed by atoms with Gasteiger partial charge in [-0.3, -0.25) is 14.4 Å². The molecule has 2 amide bonds. The monoisotopic (exact) mass is 779 g/mol. The normalized spacial score (nSPS) is 29.6. The predicted molar refractivity (Wildman–Crippen MR) is 225 cm³/mol. The van der Waals surface area contributed by atoms with Crippen LogP contribution in [0.5, 0.6) is 11.5 Å². The lowest BCUT2D eigenvalue weighted by atomic mass is 9.42. The molecular formula is C48H78N2O6. The smallest absolute Gasteiger partial charge is 0.219 e. The number of amides is 2. The maximum absolute atomic E-state index is 12.8. The van der Waals surface area contributed by atoms with E-state index in [1.165, 1.54) is 12.0 Å². The van der Waals surface area contributed by atoms with E-state index in [0.717, 1.165) is 153 Å². The molecule has 0 saturated heterocycles. The van der Waals surface area contributed by atoms with Crippen molar-refractivity contribution in [3.63, 3.8) is 0 Å². The molecule has 1 unspecified atom stereocenters. The average molecular weight is 779 g/mol. The van der Waals surface area contributed by atoms with E-state index in [0.29, 0.717) is 61.4 Å². The summed E-state index contributed by atoms with van der Waals surface area (Å²) in [5, 5.41) is 17.3. The van der Waals surface area contributed by atoms with Crippen LogP contribution in [0.25, 0.3) is 0 Å². The first-order chi connectivity index (χ1) is 27.1. The van der Waals surface area contributed by atoms with Gasteiger partial charge in [-0.1, -0.05) is 53.4 Å². The molecule has 3 N–H and O–H groups in total. The van der Waals surface area contributed by atoms with Crippen LogP contribution in [0.1, 0.15) is 175 Å². The number of carbonyl (C=O) groups is 3. The van der Waals surface area contributed by atoms with Gasteiger partial charge in [0.2, 0.25) is 11.8 Å². The molecule has 0 aliphatic heterocycles. The second kappa shape index (κ2) is 22.0. The van der Waals surface area contributed by atoms with Gasteiger partial charge in [-0.05, 0) is 154 Å². The Morgan fingerprint density at radius 3 is 1.96 bits per heavy atom. The third kappa shape index (κ3) is 12.0. The fourth-order valence-electron chi connectivity index (χ4n) is 11.5. The van der Waals surface area contributed by atoms with Gasteiger partial charge in [0.25, 0.3) is 0 Å². The quantitative estimate of drug-likeness (QED) is 0.0901. The number of benzene rings is 1. The molecule has 56 heavy (non-hydrogen) atoms. The fourth-order valence-corrected chi connectivity index (χ4v) is 11.5. The lowest BCUT2D eigenvalue weighted by Crippen LogP contribution is -2.57. The minimum Gasteiger partial charge on any atom is -0.493 e. The van der Waals surface area contributed by atoms with Crippen molar-refractivity contribution in [1.82, 2.24) is 10.6 Å². The number of ketones is 1. The number of aryl methyl sites for hydroxylation is 1. The number of aliphatic hydroxyl groups is 1. The summed E-state index contributed by atoms with van der Waals surface area (Å²) in [6, 6.07) is 6.33. The van der Waals surface area contributed by atoms with Crippen molar-refractivity contribution < 1.29 is 29.0 Å². The summed E-state index contributed by atoms with van der Waals surface area (Å²) in [5.74, 6) is 5.26. The van der Waals surface area contributed by atoms with Crippen molar-refractivity contribution in [2.75, 3.05) is 26.3 Å². The highest BCUT2D eigenvalue weighted by Crippen LogP contribution is 2.67. The molecule has 1 aromatic carbocycles. The number of rotatable bonds is 24. The van der Waals surface area contributed by atoms with E-state index in [1.54, 1.807) is 0 Å². The lowest BCUT2D eigenvalue weighted by Gasteiger charge is -2.62. The van der Waals surface area contributed by atoms with E-state index in [-0.39, 0.29) is 28.7 Å². The van der Waals surface area contributed by atoms with Crippen LogP contribution in [0, 0.1) is 40.4 Å². The second-order valence-electron chi connectivity index (χ2n) is 18.8. The van der Waals surface area contributed by atoms with Crippen molar-refractivity contribution in [1.29, 1.82) is 0 Å². The summed E-state index contributed by atoms with van der Waals surface area (Å²) in [5.41, 5.74) is 1.49. The van der Waals surface area contributed by atoms with E-state index in [1.807, 2.05) is 6.07 Å². The number of nitrogens with one attached hydrogen (secondary N) is 2. The molecular weight excluding hydrogens is 701 g/mol. The van der Waals surface area contributed by atoms with Crippen molar-refractivity contribution in [2.24, 2.45) is 40.4 Å². The van der Waals surface area contributed by atoms with E-state index < -0.39 is 0 Å². The third-order valence-corrected chi connectivity index (χ3v) is 14.9. The van der Waals surface area contributed by atoms with Crippen molar-refractivity contribution in [3.05, 3.63) is 23.8 Å². The van der Waals surface area contributed by atoms with E-state index in [9.17, 15) is 19.5 Å². The number of fused-ring (bicyclic) bond motifs is 5. The minimum absolute atomic E-state index is 0.0296. The van der Waals surface area contributed by atoms with Gasteiger partial charge < -0.3 is 25.2 Å². The van der Waals surface area contributed by atoms with Gasteiger partial charge >= 0.3 is 0 Å². The van der Waals surface area contributed by atoms with Gasteiger partial charge in [-0.2, -0.15) is 0 Å². The van der Waals surface area contributed by atoms with Crippen LogP contribution in [0.3, 0.4) is 0 Å². The molecule has 0 radical (unpaired) electrons. The summed E-state index contributed by atoms with van der Waals surface area (Å²) < 4.78 is 12.6. The average Bonchev–Trinajstić information content (AvgIpc) is 3.48. The summed E-state index contributed by atoms with van der Waals surface area (Å²) in [6.45, 7) is 11.9. The molecule has 4 saturated carbocycles. The summed E-state index contributed by atoms with van der Waals surface area (Å²) >= 11 is 0. The lowest BCUT2D eigenvalue weighted by molar-refractivity contribution is -0.156. The van der Waals surface area contributed by atoms with E-state index in [4.69, 9.17) is 9.47 Å². The number of aliphatic hydroxyl groups excluding tert-OH is 1. The van der Waals surface area contributed by atoms with Crippen LogP contribution in [0.15, 0.2) is 18.2 Å². The Bertz CT molecular complexity index is 1350. The SMILES string of the molecule is CCCCCNC(=O)CCCCOc1cc(CCC[C@@H]2CC3CC(=O)CC[C@]3(C)[C@H]3CC[C@]4(C)[C@@H](O)CC[C@H]4[C@H]23)cc(OCCCCC(=O)NCCCCC)c1. The zero-order valence-electron chi connectivity index (χ0n) is 35.8. The van der Waals surface area contributed by atoms with Crippen LogP contribution < -0.4 is 20.1 Å². The molecule has 8 nitrogen and oxygen atoms in total. The highest BCUT2D eigenvalue weighted by atomic mass is 16.5. The number of ether oxygens (including phenoxy) is 2. The largest absolute Gasteiger partial charge is 0.493 e. The van der Waals surface area contributed by atoms with E-state index in [2.05, 4.69) is 50.5 Å². The van der Waals surface area contributed by atoms with Gasteiger partial charge in [0.15, 0.2) is 0 Å². The number of hydrogen-bond acceptors (Lipinski definition) is 6. The summed E-state index contributed by atoms with van der Waals surface area (Å²) in [7, 11) is 0. The molecule has 0 spiro atoms. The van der Waals surface area contributed by atoms with Crippen LogP contribution >= 0.6 is 0 Å². The molecule has 5 rings (SSSR count). The van der Waals surface area contributed by atoms with Gasteiger partial charge in [-0.15, -0.1) is 0 Å². The fraction of sp³-hybridized carbons (Fsp3) is 0.812.